The maximum absolute atomic E-state index is 13.3. The van der Waals surface area contributed by atoms with Crippen LogP contribution in [0.15, 0.2) is 77.7 Å². The summed E-state index contributed by atoms with van der Waals surface area (Å²) >= 11 is 6.12. The van der Waals surface area contributed by atoms with Crippen molar-refractivity contribution < 1.29 is 13.2 Å². The Morgan fingerprint density at radius 2 is 1.67 bits per heavy atom. The highest BCUT2D eigenvalue weighted by Gasteiger charge is 2.27. The van der Waals surface area contributed by atoms with Crippen LogP contribution in [0.4, 0.5) is 11.4 Å². The first-order valence-electron chi connectivity index (χ1n) is 9.54. The van der Waals surface area contributed by atoms with E-state index in [1.165, 1.54) is 12.1 Å². The minimum absolute atomic E-state index is 0.121. The summed E-state index contributed by atoms with van der Waals surface area (Å²) in [4.78, 5) is 12.9. The van der Waals surface area contributed by atoms with Gasteiger partial charge in [0.25, 0.3) is 10.0 Å². The van der Waals surface area contributed by atoms with Gasteiger partial charge in [-0.05, 0) is 60.9 Å². The molecule has 1 N–H and O–H groups in total. The summed E-state index contributed by atoms with van der Waals surface area (Å²) in [5, 5.41) is 3.25. The second kappa shape index (κ2) is 9.32. The predicted octanol–water partition coefficient (Wildman–Crippen LogP) is 5.04. The first-order chi connectivity index (χ1) is 14.3. The van der Waals surface area contributed by atoms with Crippen LogP contribution in [-0.2, 0) is 21.2 Å². The molecule has 7 heteroatoms. The number of carbonyl (C=O) groups excluding carboxylic acids is 1. The number of rotatable bonds is 7. The van der Waals surface area contributed by atoms with Crippen LogP contribution in [0.3, 0.4) is 0 Å². The number of nitrogens with zero attached hydrogens (tertiary/aromatic N) is 1. The lowest BCUT2D eigenvalue weighted by molar-refractivity contribution is -0.114. The monoisotopic (exact) mass is 442 g/mol. The summed E-state index contributed by atoms with van der Waals surface area (Å²) in [6.45, 7) is 3.52. The lowest BCUT2D eigenvalue weighted by atomic mass is 10.1. The molecule has 3 rings (SSSR count). The van der Waals surface area contributed by atoms with Crippen molar-refractivity contribution >= 4 is 38.9 Å². The van der Waals surface area contributed by atoms with E-state index in [1.54, 1.807) is 48.5 Å². The molecule has 0 aliphatic rings. The molecule has 0 fully saturated rings. The van der Waals surface area contributed by atoms with Crippen LogP contribution in [0.25, 0.3) is 0 Å². The van der Waals surface area contributed by atoms with E-state index >= 15 is 0 Å². The van der Waals surface area contributed by atoms with Gasteiger partial charge in [0.15, 0.2) is 0 Å². The third-order valence-electron chi connectivity index (χ3n) is 4.71. The van der Waals surface area contributed by atoms with Crippen molar-refractivity contribution in [2.75, 3.05) is 16.2 Å². The van der Waals surface area contributed by atoms with Gasteiger partial charge < -0.3 is 5.32 Å². The van der Waals surface area contributed by atoms with Crippen LogP contribution < -0.4 is 9.62 Å². The van der Waals surface area contributed by atoms with Crippen LogP contribution in [0.5, 0.6) is 0 Å². The Balaban J connectivity index is 1.92. The van der Waals surface area contributed by atoms with Gasteiger partial charge in [0.2, 0.25) is 5.91 Å². The van der Waals surface area contributed by atoms with Gasteiger partial charge >= 0.3 is 0 Å². The summed E-state index contributed by atoms with van der Waals surface area (Å²) in [6.07, 6.45) is 0.834. The molecular weight excluding hydrogens is 420 g/mol. The van der Waals surface area contributed by atoms with E-state index in [9.17, 15) is 13.2 Å². The van der Waals surface area contributed by atoms with Crippen molar-refractivity contribution in [3.05, 3.63) is 88.9 Å². The molecule has 0 aliphatic carbocycles. The SMILES string of the molecule is CCc1ccc(N(CC(=O)Nc2ccc(C)c(Cl)c2)S(=O)(=O)c2ccccc2)cc1. The van der Waals surface area contributed by atoms with Gasteiger partial charge in [0.1, 0.15) is 6.54 Å². The quantitative estimate of drug-likeness (QED) is 0.557. The number of halogens is 1. The van der Waals surface area contributed by atoms with Crippen LogP contribution in [0, 0.1) is 6.92 Å². The average Bonchev–Trinajstić information content (AvgIpc) is 2.75. The Bertz CT molecular complexity index is 1130. The summed E-state index contributed by atoms with van der Waals surface area (Å²) in [7, 11) is -3.93. The van der Waals surface area contributed by atoms with E-state index in [1.807, 2.05) is 26.0 Å². The Kier molecular flexibility index (Phi) is 6.80. The minimum Gasteiger partial charge on any atom is -0.324 e. The smallest absolute Gasteiger partial charge is 0.264 e. The first-order valence-corrected chi connectivity index (χ1v) is 11.4. The fraction of sp³-hybridized carbons (Fsp3) is 0.174. The molecule has 0 heterocycles. The lowest BCUT2D eigenvalue weighted by Crippen LogP contribution is -2.38. The van der Waals surface area contributed by atoms with E-state index in [0.29, 0.717) is 16.4 Å². The number of carbonyl (C=O) groups is 1. The number of benzene rings is 3. The van der Waals surface area contributed by atoms with Crippen LogP contribution >= 0.6 is 11.6 Å². The Morgan fingerprint density at radius 1 is 1.00 bits per heavy atom. The van der Waals surface area contributed by atoms with Crippen LogP contribution in [0.1, 0.15) is 18.1 Å². The Morgan fingerprint density at radius 3 is 2.27 bits per heavy atom. The number of anilines is 2. The van der Waals surface area contributed by atoms with Crippen molar-refractivity contribution in [1.82, 2.24) is 0 Å². The third kappa shape index (κ3) is 5.01. The molecule has 0 saturated carbocycles. The highest BCUT2D eigenvalue weighted by Crippen LogP contribution is 2.25. The van der Waals surface area contributed by atoms with Crippen molar-refractivity contribution in [2.24, 2.45) is 0 Å². The van der Waals surface area contributed by atoms with E-state index in [0.717, 1.165) is 21.9 Å². The fourth-order valence-electron chi connectivity index (χ4n) is 2.93. The molecule has 0 radical (unpaired) electrons. The fourth-order valence-corrected chi connectivity index (χ4v) is 4.56. The van der Waals surface area contributed by atoms with Gasteiger partial charge in [0.05, 0.1) is 10.6 Å². The molecule has 0 unspecified atom stereocenters. The van der Waals surface area contributed by atoms with E-state index in [4.69, 9.17) is 11.6 Å². The summed E-state index contributed by atoms with van der Waals surface area (Å²) in [6, 6.07) is 20.4. The third-order valence-corrected chi connectivity index (χ3v) is 6.90. The number of aryl methyl sites for hydroxylation is 2. The minimum atomic E-state index is -3.93. The number of amides is 1. The molecular formula is C23H23ClN2O3S. The van der Waals surface area contributed by atoms with Gasteiger partial charge in [-0.15, -0.1) is 0 Å². The van der Waals surface area contributed by atoms with Crippen LogP contribution in [0.2, 0.25) is 5.02 Å². The zero-order valence-corrected chi connectivity index (χ0v) is 18.4. The standard InChI is InChI=1S/C23H23ClN2O3S/c1-3-18-10-13-20(14-11-18)26(30(28,29)21-7-5-4-6-8-21)16-23(27)25-19-12-9-17(2)22(24)15-19/h4-15H,3,16H2,1-2H3,(H,25,27). The van der Waals surface area contributed by atoms with E-state index in [-0.39, 0.29) is 11.4 Å². The summed E-state index contributed by atoms with van der Waals surface area (Å²) < 4.78 is 27.7. The number of nitrogens with one attached hydrogen (secondary N) is 1. The van der Waals surface area contributed by atoms with Gasteiger partial charge in [0, 0.05) is 10.7 Å². The Hall–Kier alpha value is -2.83. The molecule has 156 valence electrons. The lowest BCUT2D eigenvalue weighted by Gasteiger charge is -2.24. The first kappa shape index (κ1) is 21.9. The molecule has 0 aliphatic heterocycles. The molecule has 0 aromatic heterocycles. The summed E-state index contributed by atoms with van der Waals surface area (Å²) in [5.41, 5.74) is 2.90. The van der Waals surface area contributed by atoms with Gasteiger partial charge in [-0.1, -0.05) is 54.9 Å². The highest BCUT2D eigenvalue weighted by atomic mass is 35.5. The number of hydrogen-bond acceptors (Lipinski definition) is 3. The van der Waals surface area contributed by atoms with Gasteiger partial charge in [-0.25, -0.2) is 8.42 Å². The zero-order chi connectivity index (χ0) is 21.7. The molecule has 0 atom stereocenters. The van der Waals surface area contributed by atoms with Crippen molar-refractivity contribution in [3.63, 3.8) is 0 Å². The molecule has 3 aromatic rings. The Labute approximate surface area is 182 Å². The van der Waals surface area contributed by atoms with Crippen molar-refractivity contribution in [2.45, 2.75) is 25.2 Å². The second-order valence-corrected chi connectivity index (χ2v) is 9.13. The molecule has 30 heavy (non-hydrogen) atoms. The molecule has 0 bridgehead atoms. The molecule has 0 saturated heterocycles. The van der Waals surface area contributed by atoms with Crippen LogP contribution in [-0.4, -0.2) is 20.9 Å². The van der Waals surface area contributed by atoms with Crippen molar-refractivity contribution in [3.8, 4) is 0 Å². The largest absolute Gasteiger partial charge is 0.324 e. The highest BCUT2D eigenvalue weighted by molar-refractivity contribution is 7.92. The predicted molar refractivity (Wildman–Crippen MR) is 122 cm³/mol. The second-order valence-electron chi connectivity index (χ2n) is 6.86. The number of hydrogen-bond donors (Lipinski definition) is 1. The average molecular weight is 443 g/mol. The molecule has 3 aromatic carbocycles. The normalized spacial score (nSPS) is 11.2. The van der Waals surface area contributed by atoms with Crippen molar-refractivity contribution in [1.29, 1.82) is 0 Å². The van der Waals surface area contributed by atoms with Gasteiger partial charge in [-0.2, -0.15) is 0 Å². The van der Waals surface area contributed by atoms with E-state index < -0.39 is 15.9 Å². The maximum Gasteiger partial charge on any atom is 0.264 e. The topological polar surface area (TPSA) is 66.5 Å². The number of sulfonamides is 1. The zero-order valence-electron chi connectivity index (χ0n) is 16.8. The molecule has 0 spiro atoms. The maximum atomic E-state index is 13.3. The van der Waals surface area contributed by atoms with Gasteiger partial charge in [-0.3, -0.25) is 9.10 Å². The molecule has 5 nitrogen and oxygen atoms in total. The summed E-state index contributed by atoms with van der Waals surface area (Å²) in [5.74, 6) is -0.464. The van der Waals surface area contributed by atoms with E-state index in [2.05, 4.69) is 5.32 Å². The molecule has 1 amide bonds.